The largest absolute Gasteiger partial charge is 0.756 e. The molecule has 2 rings (SSSR count). The molecule has 0 spiro atoms. The Morgan fingerprint density at radius 1 is 1.38 bits per heavy atom. The van der Waals surface area contributed by atoms with Crippen LogP contribution >= 0.6 is 7.82 Å². The Balaban J connectivity index is 2.33. The van der Waals surface area contributed by atoms with Gasteiger partial charge in [0.1, 0.15) is 0 Å². The summed E-state index contributed by atoms with van der Waals surface area (Å²) in [6, 6.07) is 9.32. The van der Waals surface area contributed by atoms with Gasteiger partial charge in [0.25, 0.3) is 7.82 Å². The van der Waals surface area contributed by atoms with Gasteiger partial charge < -0.3 is 13.9 Å². The molecule has 0 aliphatic carbocycles. The standard InChI is InChI=1S/C11H15O4P/c1-11(2)8-14-16(12,13)15-10(11)9-6-4-3-5-7-9/h3-7,10H,8H2,1-2H3,(H,12,13)/p-1/t10-/m1/s1. The summed E-state index contributed by atoms with van der Waals surface area (Å²) >= 11 is 0. The highest BCUT2D eigenvalue weighted by atomic mass is 31.2. The van der Waals surface area contributed by atoms with Crippen LogP contribution in [0.3, 0.4) is 0 Å². The molecule has 1 aliphatic rings. The second kappa shape index (κ2) is 3.97. The van der Waals surface area contributed by atoms with Crippen LogP contribution in [0.5, 0.6) is 0 Å². The molecule has 1 aromatic carbocycles. The number of benzene rings is 1. The van der Waals surface area contributed by atoms with E-state index in [1.165, 1.54) is 0 Å². The van der Waals surface area contributed by atoms with E-state index in [0.29, 0.717) is 0 Å². The molecule has 1 saturated heterocycles. The molecule has 0 aromatic heterocycles. The molecule has 0 radical (unpaired) electrons. The minimum atomic E-state index is -4.14. The quantitative estimate of drug-likeness (QED) is 0.707. The summed E-state index contributed by atoms with van der Waals surface area (Å²) in [6.07, 6.45) is -0.481. The number of hydrogen-bond acceptors (Lipinski definition) is 4. The fourth-order valence-corrected chi connectivity index (χ4v) is 2.98. The zero-order valence-electron chi connectivity index (χ0n) is 9.25. The lowest BCUT2D eigenvalue weighted by molar-refractivity contribution is -0.250. The minimum Gasteiger partial charge on any atom is -0.756 e. The molecule has 16 heavy (non-hydrogen) atoms. The summed E-state index contributed by atoms with van der Waals surface area (Å²) in [5.41, 5.74) is 0.492. The third-order valence-electron chi connectivity index (χ3n) is 2.64. The summed E-state index contributed by atoms with van der Waals surface area (Å²) in [5, 5.41) is 0. The fourth-order valence-electron chi connectivity index (χ4n) is 1.76. The van der Waals surface area contributed by atoms with Gasteiger partial charge in [-0.1, -0.05) is 44.2 Å². The van der Waals surface area contributed by atoms with E-state index >= 15 is 0 Å². The van der Waals surface area contributed by atoms with Crippen molar-refractivity contribution in [1.29, 1.82) is 0 Å². The smallest absolute Gasteiger partial charge is 0.268 e. The van der Waals surface area contributed by atoms with Crippen molar-refractivity contribution in [3.05, 3.63) is 35.9 Å². The minimum absolute atomic E-state index is 0.146. The molecule has 2 atom stereocenters. The second-order valence-corrected chi connectivity index (χ2v) is 5.97. The molecule has 1 heterocycles. The Hall–Kier alpha value is -0.670. The normalized spacial score (nSPS) is 33.6. The number of rotatable bonds is 1. The van der Waals surface area contributed by atoms with E-state index in [1.54, 1.807) is 0 Å². The first-order valence-corrected chi connectivity index (χ1v) is 6.56. The predicted octanol–water partition coefficient (Wildman–Crippen LogP) is 2.27. The van der Waals surface area contributed by atoms with Gasteiger partial charge in [-0.3, -0.25) is 4.57 Å². The van der Waals surface area contributed by atoms with E-state index in [-0.39, 0.29) is 12.0 Å². The number of phosphoric acid groups is 1. The zero-order chi connectivity index (χ0) is 11.8. The van der Waals surface area contributed by atoms with Gasteiger partial charge in [-0.15, -0.1) is 0 Å². The summed E-state index contributed by atoms with van der Waals surface area (Å²) < 4.78 is 21.1. The lowest BCUT2D eigenvalue weighted by Crippen LogP contribution is -2.35. The first-order valence-electron chi connectivity index (χ1n) is 5.10. The van der Waals surface area contributed by atoms with Crippen molar-refractivity contribution in [3.63, 3.8) is 0 Å². The average Bonchev–Trinajstić information content (AvgIpc) is 2.24. The van der Waals surface area contributed by atoms with Gasteiger partial charge in [-0.2, -0.15) is 0 Å². The van der Waals surface area contributed by atoms with Crippen LogP contribution in [-0.2, 0) is 13.6 Å². The van der Waals surface area contributed by atoms with E-state index in [0.717, 1.165) is 5.56 Å². The van der Waals surface area contributed by atoms with Crippen molar-refractivity contribution < 1.29 is 18.5 Å². The SMILES string of the molecule is CC1(C)COP(=O)([O-])O[C@@H]1c1ccccc1. The Kier molecular flexibility index (Phi) is 2.93. The Morgan fingerprint density at radius 2 is 2.00 bits per heavy atom. The third kappa shape index (κ3) is 2.36. The molecule has 4 nitrogen and oxygen atoms in total. The van der Waals surface area contributed by atoms with Crippen molar-refractivity contribution in [2.24, 2.45) is 5.41 Å². The van der Waals surface area contributed by atoms with Crippen LogP contribution in [0, 0.1) is 5.41 Å². The monoisotopic (exact) mass is 241 g/mol. The first kappa shape index (κ1) is 11.8. The summed E-state index contributed by atoms with van der Waals surface area (Å²) in [4.78, 5) is 11.3. The highest BCUT2D eigenvalue weighted by Crippen LogP contribution is 2.55. The van der Waals surface area contributed by atoms with Crippen LogP contribution in [-0.4, -0.2) is 6.61 Å². The first-order chi connectivity index (χ1) is 7.41. The van der Waals surface area contributed by atoms with Gasteiger partial charge in [0.2, 0.25) is 0 Å². The molecule has 1 unspecified atom stereocenters. The molecule has 0 amide bonds. The van der Waals surface area contributed by atoms with Gasteiger partial charge in [-0.25, -0.2) is 0 Å². The highest BCUT2D eigenvalue weighted by molar-refractivity contribution is 7.45. The molecule has 1 aromatic rings. The molecule has 1 aliphatic heterocycles. The fraction of sp³-hybridized carbons (Fsp3) is 0.455. The average molecular weight is 241 g/mol. The number of hydrogen-bond donors (Lipinski definition) is 0. The van der Waals surface area contributed by atoms with Crippen molar-refractivity contribution in [3.8, 4) is 0 Å². The Bertz CT molecular complexity index is 415. The molecular weight excluding hydrogens is 227 g/mol. The van der Waals surface area contributed by atoms with Gasteiger partial charge >= 0.3 is 0 Å². The predicted molar refractivity (Wildman–Crippen MR) is 57.6 cm³/mol. The third-order valence-corrected chi connectivity index (χ3v) is 3.56. The van der Waals surface area contributed by atoms with Crippen molar-refractivity contribution in [2.45, 2.75) is 20.0 Å². The van der Waals surface area contributed by atoms with Gasteiger partial charge in [0.05, 0.1) is 12.7 Å². The summed E-state index contributed by atoms with van der Waals surface area (Å²) in [5.74, 6) is 0. The number of phosphoric ester groups is 1. The second-order valence-electron chi connectivity index (χ2n) is 4.61. The van der Waals surface area contributed by atoms with Crippen LogP contribution in [0.4, 0.5) is 0 Å². The Labute approximate surface area is 94.8 Å². The van der Waals surface area contributed by atoms with E-state index < -0.39 is 13.9 Å². The molecule has 0 saturated carbocycles. The van der Waals surface area contributed by atoms with Gasteiger partial charge in [0.15, 0.2) is 0 Å². The van der Waals surface area contributed by atoms with Crippen LogP contribution in [0.25, 0.3) is 0 Å². The van der Waals surface area contributed by atoms with E-state index in [1.807, 2.05) is 44.2 Å². The van der Waals surface area contributed by atoms with Gasteiger partial charge in [0, 0.05) is 5.41 Å². The molecule has 88 valence electrons. The zero-order valence-corrected chi connectivity index (χ0v) is 10.1. The molecule has 5 heteroatoms. The van der Waals surface area contributed by atoms with Crippen LogP contribution in [0.2, 0.25) is 0 Å². The van der Waals surface area contributed by atoms with Crippen molar-refractivity contribution in [2.75, 3.05) is 6.61 Å². The summed E-state index contributed by atoms with van der Waals surface area (Å²) in [7, 11) is -4.14. The highest BCUT2D eigenvalue weighted by Gasteiger charge is 2.40. The molecule has 0 N–H and O–H groups in total. The van der Waals surface area contributed by atoms with Gasteiger partial charge in [-0.05, 0) is 5.56 Å². The van der Waals surface area contributed by atoms with E-state index in [9.17, 15) is 9.46 Å². The lowest BCUT2D eigenvalue weighted by atomic mass is 9.83. The van der Waals surface area contributed by atoms with E-state index in [4.69, 9.17) is 9.05 Å². The van der Waals surface area contributed by atoms with Crippen LogP contribution in [0.1, 0.15) is 25.5 Å². The maximum absolute atomic E-state index is 11.3. The maximum atomic E-state index is 11.3. The molecule has 0 bridgehead atoms. The topological polar surface area (TPSA) is 58.6 Å². The maximum Gasteiger partial charge on any atom is 0.268 e. The molecule has 1 fully saturated rings. The van der Waals surface area contributed by atoms with E-state index in [2.05, 4.69) is 0 Å². The van der Waals surface area contributed by atoms with Crippen molar-refractivity contribution in [1.82, 2.24) is 0 Å². The van der Waals surface area contributed by atoms with Crippen molar-refractivity contribution >= 4 is 7.82 Å². The Morgan fingerprint density at radius 3 is 2.62 bits per heavy atom. The summed E-state index contributed by atoms with van der Waals surface area (Å²) in [6.45, 7) is 3.99. The van der Waals surface area contributed by atoms with Crippen LogP contribution < -0.4 is 4.89 Å². The lowest BCUT2D eigenvalue weighted by Gasteiger charge is -2.43. The molecular formula is C11H14O4P-. The van der Waals surface area contributed by atoms with Crippen LogP contribution in [0.15, 0.2) is 30.3 Å².